The van der Waals surface area contributed by atoms with Gasteiger partial charge in [-0.15, -0.1) is 0 Å². The summed E-state index contributed by atoms with van der Waals surface area (Å²) >= 11 is 0. The minimum atomic E-state index is -0.212. The molecule has 1 atom stereocenters. The maximum absolute atomic E-state index is 12.9. The average molecular weight is 488 g/mol. The molecule has 3 aliphatic rings. The van der Waals surface area contributed by atoms with Crippen LogP contribution in [0.5, 0.6) is 17.2 Å². The molecule has 2 aromatic carbocycles. The molecule has 1 aromatic heterocycles. The molecule has 0 bridgehead atoms. The Labute approximate surface area is 209 Å². The zero-order chi connectivity index (χ0) is 24.6. The Morgan fingerprint density at radius 3 is 2.75 bits per heavy atom. The Kier molecular flexibility index (Phi) is 5.87. The molecule has 1 unspecified atom stereocenters. The lowest BCUT2D eigenvalue weighted by molar-refractivity contribution is -0.118. The Balaban J connectivity index is 1.09. The van der Waals surface area contributed by atoms with Crippen LogP contribution in [0.25, 0.3) is 10.9 Å². The van der Waals surface area contributed by atoms with Gasteiger partial charge in [-0.1, -0.05) is 0 Å². The van der Waals surface area contributed by atoms with E-state index in [0.29, 0.717) is 35.4 Å². The van der Waals surface area contributed by atoms with Crippen molar-refractivity contribution in [3.8, 4) is 17.2 Å². The summed E-state index contributed by atoms with van der Waals surface area (Å²) in [6.07, 6.45) is 6.78. The Bertz CT molecular complexity index is 1330. The third-order valence-corrected chi connectivity index (χ3v) is 7.71. The molecule has 1 fully saturated rings. The minimum Gasteiger partial charge on any atom is -0.497 e. The number of fused-ring (bicyclic) bond motifs is 4. The van der Waals surface area contributed by atoms with Gasteiger partial charge in [-0.3, -0.25) is 14.6 Å². The fourth-order valence-electron chi connectivity index (χ4n) is 5.72. The predicted molar refractivity (Wildman–Crippen MR) is 135 cm³/mol. The third-order valence-electron chi connectivity index (χ3n) is 7.71. The van der Waals surface area contributed by atoms with Gasteiger partial charge in [-0.25, -0.2) is 0 Å². The quantitative estimate of drug-likeness (QED) is 0.575. The van der Waals surface area contributed by atoms with E-state index in [2.05, 4.69) is 21.7 Å². The summed E-state index contributed by atoms with van der Waals surface area (Å²) in [5.41, 5.74) is 3.24. The first-order valence-electron chi connectivity index (χ1n) is 12.5. The van der Waals surface area contributed by atoms with Crippen molar-refractivity contribution in [2.24, 2.45) is 11.8 Å². The summed E-state index contributed by atoms with van der Waals surface area (Å²) in [6, 6.07) is 11.3. The molecule has 2 aliphatic heterocycles. The molecular formula is C28H29N3O5. The number of benzene rings is 2. The molecule has 6 rings (SSSR count). The highest BCUT2D eigenvalue weighted by atomic mass is 16.5. The lowest BCUT2D eigenvalue weighted by Crippen LogP contribution is -2.40. The second kappa shape index (κ2) is 9.33. The summed E-state index contributed by atoms with van der Waals surface area (Å²) in [5.74, 6) is 2.95. The molecule has 36 heavy (non-hydrogen) atoms. The van der Waals surface area contributed by atoms with Crippen molar-refractivity contribution >= 4 is 28.4 Å². The van der Waals surface area contributed by atoms with Gasteiger partial charge in [0.25, 0.3) is 11.8 Å². The second-order valence-corrected chi connectivity index (χ2v) is 9.89. The standard InChI is InChI=1S/C28H29N3O5/c1-34-20-7-8-23-21(12-20)22-10-18(14-35-26(22)13-29-23)16-2-5-19(6-3-16)30-28(33)17-4-9-25-24(11-17)31-27(32)15-36-25/h4,7-9,11-13,16,18-19H,2-3,5-6,10,14-15H2,1H3,(H,30,33)(H,31,32). The molecule has 8 nitrogen and oxygen atoms in total. The van der Waals surface area contributed by atoms with Crippen molar-refractivity contribution < 1.29 is 23.8 Å². The van der Waals surface area contributed by atoms with Gasteiger partial charge >= 0.3 is 0 Å². The molecule has 0 radical (unpaired) electrons. The Hall–Kier alpha value is -3.81. The van der Waals surface area contributed by atoms with E-state index in [9.17, 15) is 9.59 Å². The summed E-state index contributed by atoms with van der Waals surface area (Å²) in [4.78, 5) is 29.0. The summed E-state index contributed by atoms with van der Waals surface area (Å²) < 4.78 is 17.0. The third kappa shape index (κ3) is 4.32. The van der Waals surface area contributed by atoms with Crippen LogP contribution in [-0.4, -0.2) is 43.2 Å². The molecule has 3 aromatic rings. The predicted octanol–water partition coefficient (Wildman–Crippen LogP) is 4.11. The highest BCUT2D eigenvalue weighted by molar-refractivity contribution is 6.00. The number of hydrogen-bond donors (Lipinski definition) is 2. The number of nitrogens with zero attached hydrogens (tertiary/aromatic N) is 1. The molecule has 0 saturated heterocycles. The van der Waals surface area contributed by atoms with Crippen molar-refractivity contribution in [3.05, 3.63) is 53.7 Å². The van der Waals surface area contributed by atoms with Crippen molar-refractivity contribution in [3.63, 3.8) is 0 Å². The van der Waals surface area contributed by atoms with Gasteiger partial charge < -0.3 is 24.8 Å². The molecular weight excluding hydrogens is 458 g/mol. The first-order valence-corrected chi connectivity index (χ1v) is 12.5. The number of anilines is 1. The molecule has 1 saturated carbocycles. The van der Waals surface area contributed by atoms with E-state index in [1.165, 1.54) is 5.56 Å². The van der Waals surface area contributed by atoms with Crippen LogP contribution in [0.4, 0.5) is 5.69 Å². The van der Waals surface area contributed by atoms with Crippen LogP contribution in [0.15, 0.2) is 42.6 Å². The summed E-state index contributed by atoms with van der Waals surface area (Å²) in [7, 11) is 1.68. The van der Waals surface area contributed by atoms with Crippen LogP contribution in [0.3, 0.4) is 0 Å². The van der Waals surface area contributed by atoms with Gasteiger partial charge in [-0.2, -0.15) is 0 Å². The van der Waals surface area contributed by atoms with Crippen molar-refractivity contribution in [1.82, 2.24) is 10.3 Å². The maximum Gasteiger partial charge on any atom is 0.262 e. The van der Waals surface area contributed by atoms with Crippen LogP contribution < -0.4 is 24.8 Å². The lowest BCUT2D eigenvalue weighted by Gasteiger charge is -2.36. The van der Waals surface area contributed by atoms with Gasteiger partial charge in [0, 0.05) is 28.5 Å². The highest BCUT2D eigenvalue weighted by Gasteiger charge is 2.32. The average Bonchev–Trinajstić information content (AvgIpc) is 2.92. The van der Waals surface area contributed by atoms with Crippen molar-refractivity contribution in [2.75, 3.05) is 25.6 Å². The molecule has 186 valence electrons. The number of carbonyl (C=O) groups excluding carboxylic acids is 2. The molecule has 1 aliphatic carbocycles. The minimum absolute atomic E-state index is 0.000703. The Morgan fingerprint density at radius 2 is 1.92 bits per heavy atom. The van der Waals surface area contributed by atoms with Crippen LogP contribution in [-0.2, 0) is 11.2 Å². The van der Waals surface area contributed by atoms with E-state index in [0.717, 1.165) is 54.5 Å². The lowest BCUT2D eigenvalue weighted by atomic mass is 9.75. The number of aromatic nitrogens is 1. The first-order chi connectivity index (χ1) is 17.6. The van der Waals surface area contributed by atoms with Crippen molar-refractivity contribution in [1.29, 1.82) is 0 Å². The topological polar surface area (TPSA) is 98.8 Å². The molecule has 0 spiro atoms. The maximum atomic E-state index is 12.9. The number of rotatable bonds is 4. The smallest absolute Gasteiger partial charge is 0.262 e. The summed E-state index contributed by atoms with van der Waals surface area (Å²) in [6.45, 7) is 0.704. The van der Waals surface area contributed by atoms with Gasteiger partial charge in [-0.05, 0) is 74.4 Å². The van der Waals surface area contributed by atoms with E-state index in [4.69, 9.17) is 14.2 Å². The zero-order valence-corrected chi connectivity index (χ0v) is 20.2. The fourth-order valence-corrected chi connectivity index (χ4v) is 5.72. The van der Waals surface area contributed by atoms with E-state index in [-0.39, 0.29) is 24.5 Å². The van der Waals surface area contributed by atoms with E-state index in [1.54, 1.807) is 25.3 Å². The largest absolute Gasteiger partial charge is 0.497 e. The van der Waals surface area contributed by atoms with Gasteiger partial charge in [0.15, 0.2) is 6.61 Å². The highest BCUT2D eigenvalue weighted by Crippen LogP contribution is 2.40. The SMILES string of the molecule is COc1ccc2ncc3c(c2c1)CC(C1CCC(NC(=O)c2ccc4c(c2)NC(=O)CO4)CC1)CO3. The first kappa shape index (κ1) is 22.6. The van der Waals surface area contributed by atoms with Gasteiger partial charge in [0.05, 0.1) is 31.1 Å². The number of carbonyl (C=O) groups is 2. The number of pyridine rings is 1. The number of methoxy groups -OCH3 is 1. The van der Waals surface area contributed by atoms with Gasteiger partial charge in [0.1, 0.15) is 17.2 Å². The van der Waals surface area contributed by atoms with E-state index in [1.807, 2.05) is 18.3 Å². The number of ether oxygens (including phenoxy) is 3. The van der Waals surface area contributed by atoms with Crippen LogP contribution >= 0.6 is 0 Å². The van der Waals surface area contributed by atoms with Gasteiger partial charge in [0.2, 0.25) is 0 Å². The summed E-state index contributed by atoms with van der Waals surface area (Å²) in [5, 5.41) is 7.04. The monoisotopic (exact) mass is 487 g/mol. The number of nitrogens with one attached hydrogen (secondary N) is 2. The second-order valence-electron chi connectivity index (χ2n) is 9.89. The zero-order valence-electron chi connectivity index (χ0n) is 20.2. The normalized spacial score (nSPS) is 22.9. The number of hydrogen-bond acceptors (Lipinski definition) is 6. The fraction of sp³-hybridized carbons (Fsp3) is 0.393. The van der Waals surface area contributed by atoms with Crippen LogP contribution in [0.2, 0.25) is 0 Å². The molecule has 2 amide bonds. The van der Waals surface area contributed by atoms with Crippen molar-refractivity contribution in [2.45, 2.75) is 38.1 Å². The van der Waals surface area contributed by atoms with E-state index < -0.39 is 0 Å². The van der Waals surface area contributed by atoms with Crippen LogP contribution in [0.1, 0.15) is 41.6 Å². The molecule has 8 heteroatoms. The molecule has 2 N–H and O–H groups in total. The molecule has 3 heterocycles. The Morgan fingerprint density at radius 1 is 1.06 bits per heavy atom. The number of amides is 2. The van der Waals surface area contributed by atoms with Crippen LogP contribution in [0, 0.1) is 11.8 Å². The van der Waals surface area contributed by atoms with E-state index >= 15 is 0 Å².